The molecule has 0 fully saturated rings. The molecule has 0 saturated carbocycles. The number of carbonyl (C=O) groups is 3. The van der Waals surface area contributed by atoms with Crippen LogP contribution in [-0.4, -0.2) is 93.4 Å². The first-order valence-electron chi connectivity index (χ1n) is 17.6. The summed E-state index contributed by atoms with van der Waals surface area (Å²) < 4.78 is 5.00. The molecule has 0 spiro atoms. The molecule has 0 saturated heterocycles. The standard InChI is InChI=1S/C8H9NO.C6H6BrN.C4H9NO2.C4H9.C3H6O2.C2H7NO.6C2H6.3B.ClH.Li/c1-6-3-4-8(7(2)10)9-5-6;1-5-2-3-6(7)8-4-5;1-4(6)5(2)7-3;1-3-4-2;1-3(4)5-2;1-3-4-2;6*1-2;;;;;/h3-5H,1-2H3;2-4H,1H3;1-3H3;1,3-4H2,2H3;1-2H3;3H,1-2H3;6*1-2H3;;;;1H;/q;;;-1;;;;;;;;;;;;;+1. The third-order valence-electron chi connectivity index (χ3n) is 3.71. The van der Waals surface area contributed by atoms with E-state index in [1.807, 2.05) is 121 Å². The van der Waals surface area contributed by atoms with Crippen LogP contribution >= 0.6 is 28.3 Å². The predicted molar refractivity (Wildman–Crippen MR) is 248 cm³/mol. The number of Topliss-reactive ketones (excluding diaryl/α,β-unsaturated/α-hetero) is 1. The largest absolute Gasteiger partial charge is 1.00 e. The van der Waals surface area contributed by atoms with Crippen LogP contribution < -0.4 is 24.3 Å². The zero-order chi connectivity index (χ0) is 42.5. The molecule has 0 unspecified atom stereocenters. The van der Waals surface area contributed by atoms with Gasteiger partial charge in [0.15, 0.2) is 5.78 Å². The van der Waals surface area contributed by atoms with E-state index >= 15 is 0 Å². The summed E-state index contributed by atoms with van der Waals surface area (Å²) in [6, 6.07) is 7.55. The van der Waals surface area contributed by atoms with Crippen LogP contribution in [0.3, 0.4) is 0 Å². The van der Waals surface area contributed by atoms with E-state index in [1.54, 1.807) is 33.5 Å². The van der Waals surface area contributed by atoms with Gasteiger partial charge in [-0.05, 0) is 53.0 Å². The Balaban J connectivity index is -0.0000000255. The van der Waals surface area contributed by atoms with Crippen LogP contribution in [0.15, 0.2) is 41.3 Å². The molecule has 0 aliphatic heterocycles. The number of carbonyl (C=O) groups excluding carboxylic acids is 3. The number of hydroxylamine groups is 3. The smallest absolute Gasteiger partial charge is 0.469 e. The maximum atomic E-state index is 10.7. The molecule has 2 aromatic heterocycles. The SMILES string of the molecule is CC.CC.CC.CC.CC.CC.CC(=O)c1ccc(C)cn1.CNOC.COC(C)=O.CON(C)C(C)=O.Cc1ccc(Br)nc1.Cl.[B].[B].[B].[CH2-]CCC.[Li+]. The van der Waals surface area contributed by atoms with Gasteiger partial charge in [-0.15, -0.1) is 12.4 Å². The Kier molecular flexibility index (Phi) is 189. The first-order chi connectivity index (χ1) is 23.8. The maximum absolute atomic E-state index is 10.7. The van der Waals surface area contributed by atoms with Crippen LogP contribution in [0.1, 0.15) is 145 Å². The Labute approximate surface area is 375 Å². The molecule has 1 amide bonds. The van der Waals surface area contributed by atoms with Gasteiger partial charge >= 0.3 is 24.8 Å². The van der Waals surface area contributed by atoms with Gasteiger partial charge < -0.3 is 16.5 Å². The molecule has 0 aliphatic rings. The van der Waals surface area contributed by atoms with Crippen molar-refractivity contribution in [1.82, 2.24) is 20.5 Å². The number of hydrogen-bond donors (Lipinski definition) is 1. The maximum Gasteiger partial charge on any atom is 1.00 e. The van der Waals surface area contributed by atoms with Gasteiger partial charge in [0.1, 0.15) is 10.3 Å². The molecule has 2 aromatic rings. The van der Waals surface area contributed by atoms with E-state index in [4.69, 9.17) is 0 Å². The fourth-order valence-corrected chi connectivity index (χ4v) is 1.49. The minimum absolute atomic E-state index is 0. The molecular formula is C39H83B3BrClLiN4O6. The van der Waals surface area contributed by atoms with Crippen molar-refractivity contribution in [3.8, 4) is 0 Å². The Morgan fingerprint density at radius 3 is 1.15 bits per heavy atom. The molecule has 0 bridgehead atoms. The predicted octanol–water partition coefficient (Wildman–Crippen LogP) is 7.78. The topological polar surface area (TPSA) is 120 Å². The zero-order valence-corrected chi connectivity index (χ0v) is 42.3. The van der Waals surface area contributed by atoms with E-state index in [0.29, 0.717) is 5.69 Å². The molecule has 16 heteroatoms. The van der Waals surface area contributed by atoms with Crippen LogP contribution in [0.5, 0.6) is 0 Å². The van der Waals surface area contributed by atoms with Gasteiger partial charge in [0.2, 0.25) is 5.91 Å². The van der Waals surface area contributed by atoms with Gasteiger partial charge in [-0.2, -0.15) is 6.42 Å². The fourth-order valence-electron chi connectivity index (χ4n) is 1.25. The summed E-state index contributed by atoms with van der Waals surface area (Å²) in [5.74, 6) is -0.326. The van der Waals surface area contributed by atoms with Gasteiger partial charge in [-0.1, -0.05) is 109 Å². The molecule has 0 aliphatic carbocycles. The summed E-state index contributed by atoms with van der Waals surface area (Å²) in [5, 5.41) is 1.15. The number of halogens is 2. The molecule has 1 N–H and O–H groups in total. The second-order valence-electron chi connectivity index (χ2n) is 7.09. The summed E-state index contributed by atoms with van der Waals surface area (Å²) in [7, 11) is 7.63. The number of hydrogen-bond acceptors (Lipinski definition) is 9. The molecule has 55 heavy (non-hydrogen) atoms. The van der Waals surface area contributed by atoms with Gasteiger partial charge in [-0.3, -0.25) is 24.2 Å². The minimum atomic E-state index is -0.245. The number of rotatable bonds is 4. The zero-order valence-electron chi connectivity index (χ0n) is 39.9. The quantitative estimate of drug-likeness (QED) is 0.0822. The Morgan fingerprint density at radius 2 is 1.04 bits per heavy atom. The number of amides is 1. The molecular weight excluding hydrogens is 775 g/mol. The van der Waals surface area contributed by atoms with E-state index in [2.05, 4.69) is 59.6 Å². The van der Waals surface area contributed by atoms with Crippen molar-refractivity contribution in [3.63, 3.8) is 0 Å². The Hall–Kier alpha value is -1.65. The summed E-state index contributed by atoms with van der Waals surface area (Å²) in [5.41, 5.74) is 5.23. The van der Waals surface area contributed by atoms with Crippen LogP contribution in [0, 0.1) is 20.8 Å². The third-order valence-corrected chi connectivity index (χ3v) is 4.18. The van der Waals surface area contributed by atoms with Crippen molar-refractivity contribution < 1.29 is 47.7 Å². The van der Waals surface area contributed by atoms with E-state index in [9.17, 15) is 14.4 Å². The monoisotopic (exact) mass is 858 g/mol. The van der Waals surface area contributed by atoms with Crippen molar-refractivity contribution in [2.45, 2.75) is 137 Å². The number of methoxy groups -OCH3 is 1. The van der Waals surface area contributed by atoms with Gasteiger partial charge in [0.25, 0.3) is 0 Å². The molecule has 10 nitrogen and oxygen atoms in total. The molecule has 319 valence electrons. The van der Waals surface area contributed by atoms with Gasteiger partial charge in [0, 0.05) is 72.5 Å². The van der Waals surface area contributed by atoms with Gasteiger partial charge in [-0.25, -0.2) is 15.5 Å². The number of unbranched alkanes of at least 4 members (excludes halogenated alkanes) is 1. The number of nitrogens with one attached hydrogen (secondary N) is 1. The molecule has 2 heterocycles. The van der Waals surface area contributed by atoms with Crippen molar-refractivity contribution >= 4 is 71.2 Å². The molecule has 9 radical (unpaired) electrons. The molecule has 0 aromatic carbocycles. The van der Waals surface area contributed by atoms with E-state index in [0.717, 1.165) is 21.7 Å². The number of ketones is 1. The number of aryl methyl sites for hydroxylation is 2. The summed E-state index contributed by atoms with van der Waals surface area (Å²) in [6.07, 6.45) is 5.79. The first kappa shape index (κ1) is 99.4. The summed E-state index contributed by atoms with van der Waals surface area (Å²) in [4.78, 5) is 47.2. The number of nitrogens with zero attached hydrogens (tertiary/aromatic N) is 3. The fraction of sp³-hybridized carbons (Fsp3) is 0.641. The average molecular weight is 859 g/mol. The van der Waals surface area contributed by atoms with Crippen molar-refractivity contribution in [2.24, 2.45) is 0 Å². The molecule has 0 atom stereocenters. The summed E-state index contributed by atoms with van der Waals surface area (Å²) in [6.45, 7) is 38.0. The molecule has 2 rings (SSSR count). The minimum Gasteiger partial charge on any atom is -0.469 e. The average Bonchev–Trinajstić information content (AvgIpc) is 3.18. The Bertz CT molecular complexity index is 842. The van der Waals surface area contributed by atoms with Crippen molar-refractivity contribution in [2.75, 3.05) is 35.4 Å². The van der Waals surface area contributed by atoms with Gasteiger partial charge in [0.05, 0.1) is 21.3 Å². The van der Waals surface area contributed by atoms with Crippen molar-refractivity contribution in [1.29, 1.82) is 0 Å². The first-order valence-corrected chi connectivity index (χ1v) is 18.4. The third kappa shape index (κ3) is 127. The number of esters is 1. The Morgan fingerprint density at radius 1 is 0.745 bits per heavy atom. The van der Waals surface area contributed by atoms with Crippen LogP contribution in [0.25, 0.3) is 0 Å². The number of ether oxygens (including phenoxy) is 1. The normalized spacial score (nSPS) is 6.49. The van der Waals surface area contributed by atoms with E-state index in [-0.39, 0.29) is 74.2 Å². The summed E-state index contributed by atoms with van der Waals surface area (Å²) >= 11 is 3.23. The second kappa shape index (κ2) is 104. The van der Waals surface area contributed by atoms with E-state index < -0.39 is 0 Å². The van der Waals surface area contributed by atoms with Crippen molar-refractivity contribution in [3.05, 3.63) is 65.0 Å². The van der Waals surface area contributed by atoms with Crippen LogP contribution in [0.2, 0.25) is 0 Å². The van der Waals surface area contributed by atoms with Crippen LogP contribution in [-0.2, 0) is 24.0 Å². The number of aromatic nitrogens is 2. The number of pyridine rings is 2. The van der Waals surface area contributed by atoms with E-state index in [1.165, 1.54) is 47.0 Å². The van der Waals surface area contributed by atoms with Crippen LogP contribution in [0.4, 0.5) is 0 Å². The second-order valence-corrected chi connectivity index (χ2v) is 7.90.